The molecule has 3 N–H and O–H groups in total. The van der Waals surface area contributed by atoms with E-state index in [1.165, 1.54) is 0 Å². The van der Waals surface area contributed by atoms with E-state index in [1.54, 1.807) is 6.92 Å². The molecule has 0 saturated carbocycles. The summed E-state index contributed by atoms with van der Waals surface area (Å²) in [7, 11) is 0. The van der Waals surface area contributed by atoms with Crippen molar-refractivity contribution in [3.8, 4) is 12.3 Å². The van der Waals surface area contributed by atoms with Crippen molar-refractivity contribution in [1.29, 1.82) is 0 Å². The van der Waals surface area contributed by atoms with Crippen molar-refractivity contribution in [1.82, 2.24) is 10.6 Å². The van der Waals surface area contributed by atoms with Crippen LogP contribution in [-0.2, 0) is 16.0 Å². The topological polar surface area (TPSA) is 78.4 Å². The number of amides is 2. The number of rotatable bonds is 7. The number of carbonyl (C=O) groups is 2. The van der Waals surface area contributed by atoms with Gasteiger partial charge in [-0.2, -0.15) is 0 Å². The highest BCUT2D eigenvalue weighted by Gasteiger charge is 2.18. The number of aliphatic hydroxyl groups excluding tert-OH is 1. The Morgan fingerprint density at radius 3 is 2.57 bits per heavy atom. The Morgan fingerprint density at radius 1 is 1.29 bits per heavy atom. The molecule has 0 spiro atoms. The standard InChI is InChI=1S/C16H20N2O3/c1-3-9-17-15(20)11-16(21)18-12(2)14(19)10-13-7-5-4-6-8-13/h1,4-8,12,14,19H,9-11H2,2H3,(H,17,20)(H,18,21). The van der Waals surface area contributed by atoms with Gasteiger partial charge >= 0.3 is 0 Å². The third-order valence-corrected chi connectivity index (χ3v) is 2.96. The lowest BCUT2D eigenvalue weighted by molar-refractivity contribution is -0.129. The summed E-state index contributed by atoms with van der Waals surface area (Å²) >= 11 is 0. The van der Waals surface area contributed by atoms with Gasteiger partial charge in [0, 0.05) is 6.42 Å². The molecule has 0 aromatic heterocycles. The van der Waals surface area contributed by atoms with Gasteiger partial charge in [0.15, 0.2) is 0 Å². The number of hydrogen-bond donors (Lipinski definition) is 3. The van der Waals surface area contributed by atoms with E-state index in [-0.39, 0.29) is 13.0 Å². The second-order valence-corrected chi connectivity index (χ2v) is 4.77. The van der Waals surface area contributed by atoms with Crippen molar-refractivity contribution in [2.24, 2.45) is 0 Å². The molecule has 2 atom stereocenters. The first kappa shape index (κ1) is 16.7. The summed E-state index contributed by atoms with van der Waals surface area (Å²) in [5.41, 5.74) is 0.984. The van der Waals surface area contributed by atoms with Crippen molar-refractivity contribution in [3.63, 3.8) is 0 Å². The van der Waals surface area contributed by atoms with Crippen molar-refractivity contribution in [2.45, 2.75) is 31.9 Å². The third-order valence-electron chi connectivity index (χ3n) is 2.96. The molecule has 0 heterocycles. The van der Waals surface area contributed by atoms with E-state index in [4.69, 9.17) is 6.42 Å². The molecule has 5 heteroatoms. The number of hydrogen-bond acceptors (Lipinski definition) is 3. The molecule has 0 fully saturated rings. The largest absolute Gasteiger partial charge is 0.391 e. The first-order valence-electron chi connectivity index (χ1n) is 6.74. The maximum absolute atomic E-state index is 11.6. The molecule has 5 nitrogen and oxygen atoms in total. The Morgan fingerprint density at radius 2 is 1.95 bits per heavy atom. The molecule has 0 aliphatic rings. The van der Waals surface area contributed by atoms with Gasteiger partial charge in [0.1, 0.15) is 6.42 Å². The zero-order valence-electron chi connectivity index (χ0n) is 12.0. The van der Waals surface area contributed by atoms with E-state index in [0.29, 0.717) is 6.42 Å². The minimum Gasteiger partial charge on any atom is -0.391 e. The van der Waals surface area contributed by atoms with Crippen LogP contribution < -0.4 is 10.6 Å². The molecule has 0 aliphatic heterocycles. The summed E-state index contributed by atoms with van der Waals surface area (Å²) in [6.45, 7) is 1.79. The highest BCUT2D eigenvalue weighted by molar-refractivity contribution is 5.97. The summed E-state index contributed by atoms with van der Waals surface area (Å²) in [5.74, 6) is 1.38. The predicted octanol–water partition coefficient (Wildman–Crippen LogP) is 0.234. The first-order chi connectivity index (χ1) is 10.0. The monoisotopic (exact) mass is 288 g/mol. The molecule has 0 radical (unpaired) electrons. The van der Waals surface area contributed by atoms with E-state index < -0.39 is 24.0 Å². The molecule has 21 heavy (non-hydrogen) atoms. The van der Waals surface area contributed by atoms with Crippen LogP contribution in [0.4, 0.5) is 0 Å². The minimum absolute atomic E-state index is 0.0955. The lowest BCUT2D eigenvalue weighted by atomic mass is 10.0. The van der Waals surface area contributed by atoms with Crippen molar-refractivity contribution in [3.05, 3.63) is 35.9 Å². The Balaban J connectivity index is 2.38. The summed E-state index contributed by atoms with van der Waals surface area (Å²) in [5, 5.41) is 15.1. The second-order valence-electron chi connectivity index (χ2n) is 4.77. The third kappa shape index (κ3) is 6.59. The first-order valence-corrected chi connectivity index (χ1v) is 6.74. The average molecular weight is 288 g/mol. The van der Waals surface area contributed by atoms with E-state index >= 15 is 0 Å². The second kappa shape index (κ2) is 8.77. The Bertz CT molecular complexity index is 508. The van der Waals surface area contributed by atoms with Crippen LogP contribution in [0.1, 0.15) is 18.9 Å². The van der Waals surface area contributed by atoms with Crippen LogP contribution in [0.5, 0.6) is 0 Å². The zero-order chi connectivity index (χ0) is 15.7. The number of carbonyl (C=O) groups excluding carboxylic acids is 2. The van der Waals surface area contributed by atoms with Gasteiger partial charge in [-0.15, -0.1) is 6.42 Å². The van der Waals surface area contributed by atoms with Crippen LogP contribution in [0.2, 0.25) is 0 Å². The molecular formula is C16H20N2O3. The van der Waals surface area contributed by atoms with Gasteiger partial charge < -0.3 is 15.7 Å². The van der Waals surface area contributed by atoms with Gasteiger partial charge in [0.25, 0.3) is 0 Å². The van der Waals surface area contributed by atoms with Gasteiger partial charge in [-0.1, -0.05) is 36.3 Å². The average Bonchev–Trinajstić information content (AvgIpc) is 2.45. The number of terminal acetylenes is 1. The van der Waals surface area contributed by atoms with Crippen LogP contribution in [0.3, 0.4) is 0 Å². The molecule has 0 aliphatic carbocycles. The van der Waals surface area contributed by atoms with Gasteiger partial charge in [-0.25, -0.2) is 0 Å². The van der Waals surface area contributed by atoms with Crippen LogP contribution in [-0.4, -0.2) is 35.6 Å². The Kier molecular flexibility index (Phi) is 6.99. The fourth-order valence-electron chi connectivity index (χ4n) is 1.79. The van der Waals surface area contributed by atoms with Crippen molar-refractivity contribution < 1.29 is 14.7 Å². The molecule has 112 valence electrons. The van der Waals surface area contributed by atoms with Gasteiger partial charge in [0.2, 0.25) is 11.8 Å². The van der Waals surface area contributed by atoms with Crippen LogP contribution >= 0.6 is 0 Å². The summed E-state index contributed by atoms with van der Waals surface area (Å²) < 4.78 is 0. The predicted molar refractivity (Wildman–Crippen MR) is 80.2 cm³/mol. The maximum atomic E-state index is 11.6. The van der Waals surface area contributed by atoms with Crippen molar-refractivity contribution in [2.75, 3.05) is 6.54 Å². The van der Waals surface area contributed by atoms with E-state index in [2.05, 4.69) is 16.6 Å². The molecule has 2 amide bonds. The van der Waals surface area contributed by atoms with Crippen LogP contribution in [0.15, 0.2) is 30.3 Å². The van der Waals surface area contributed by atoms with Crippen LogP contribution in [0.25, 0.3) is 0 Å². The quantitative estimate of drug-likeness (QED) is 0.496. The molecule has 2 unspecified atom stereocenters. The lowest BCUT2D eigenvalue weighted by Crippen LogP contribution is -2.43. The van der Waals surface area contributed by atoms with Crippen LogP contribution in [0, 0.1) is 12.3 Å². The summed E-state index contributed by atoms with van der Waals surface area (Å²) in [6.07, 6.45) is 4.42. The maximum Gasteiger partial charge on any atom is 0.230 e. The Hall–Kier alpha value is -2.32. The van der Waals surface area contributed by atoms with Gasteiger partial charge in [0.05, 0.1) is 18.7 Å². The van der Waals surface area contributed by atoms with E-state index in [1.807, 2.05) is 30.3 Å². The number of nitrogens with one attached hydrogen (secondary N) is 2. The highest BCUT2D eigenvalue weighted by atomic mass is 16.3. The minimum atomic E-state index is -0.717. The normalized spacial score (nSPS) is 12.8. The molecule has 1 aromatic carbocycles. The Labute approximate surface area is 124 Å². The fourth-order valence-corrected chi connectivity index (χ4v) is 1.79. The van der Waals surface area contributed by atoms with E-state index in [9.17, 15) is 14.7 Å². The number of benzene rings is 1. The zero-order valence-corrected chi connectivity index (χ0v) is 12.0. The SMILES string of the molecule is C#CCNC(=O)CC(=O)NC(C)C(O)Cc1ccccc1. The molecule has 1 aromatic rings. The lowest BCUT2D eigenvalue weighted by Gasteiger charge is -2.20. The molecule has 0 bridgehead atoms. The molecule has 1 rings (SSSR count). The molecule has 0 saturated heterocycles. The number of aliphatic hydroxyl groups is 1. The van der Waals surface area contributed by atoms with Gasteiger partial charge in [-0.05, 0) is 12.5 Å². The summed E-state index contributed by atoms with van der Waals surface area (Å²) in [6, 6.07) is 9.05. The summed E-state index contributed by atoms with van der Waals surface area (Å²) in [4.78, 5) is 23.0. The van der Waals surface area contributed by atoms with Crippen molar-refractivity contribution >= 4 is 11.8 Å². The fraction of sp³-hybridized carbons (Fsp3) is 0.375. The smallest absolute Gasteiger partial charge is 0.230 e. The highest BCUT2D eigenvalue weighted by Crippen LogP contribution is 2.06. The van der Waals surface area contributed by atoms with E-state index in [0.717, 1.165) is 5.56 Å². The molecular weight excluding hydrogens is 268 g/mol. The van der Waals surface area contributed by atoms with Gasteiger partial charge in [-0.3, -0.25) is 9.59 Å².